The number of rotatable bonds is 8. The summed E-state index contributed by atoms with van der Waals surface area (Å²) in [6, 6.07) is 20.8. The lowest BCUT2D eigenvalue weighted by molar-refractivity contribution is 0.0955. The molecule has 0 atom stereocenters. The molecule has 0 saturated heterocycles. The highest BCUT2D eigenvalue weighted by molar-refractivity contribution is 9.10. The van der Waals surface area contributed by atoms with Gasteiger partial charge in [0.25, 0.3) is 5.91 Å². The summed E-state index contributed by atoms with van der Waals surface area (Å²) >= 11 is 3.56. The van der Waals surface area contributed by atoms with Gasteiger partial charge < -0.3 is 9.47 Å². The molecule has 30 heavy (non-hydrogen) atoms. The highest BCUT2D eigenvalue weighted by Crippen LogP contribution is 2.37. The van der Waals surface area contributed by atoms with E-state index in [1.165, 1.54) is 5.56 Å². The topological polar surface area (TPSA) is 59.9 Å². The van der Waals surface area contributed by atoms with Crippen molar-refractivity contribution in [2.24, 2.45) is 5.10 Å². The third-order valence-electron chi connectivity index (χ3n) is 4.21. The number of carbonyl (C=O) groups excluding carboxylic acids is 1. The zero-order valence-corrected chi connectivity index (χ0v) is 18.5. The molecule has 3 aromatic rings. The number of amides is 1. The second kappa shape index (κ2) is 10.6. The number of nitrogens with one attached hydrogen (secondary N) is 1. The predicted octanol–water partition coefficient (Wildman–Crippen LogP) is 5.50. The van der Waals surface area contributed by atoms with E-state index in [1.807, 2.05) is 37.3 Å². The molecule has 3 rings (SSSR count). The van der Waals surface area contributed by atoms with Crippen LogP contribution in [0.3, 0.4) is 0 Å². The lowest BCUT2D eigenvalue weighted by Crippen LogP contribution is -2.17. The highest BCUT2D eigenvalue weighted by Gasteiger charge is 2.12. The van der Waals surface area contributed by atoms with Gasteiger partial charge in [0.15, 0.2) is 11.5 Å². The summed E-state index contributed by atoms with van der Waals surface area (Å²) in [7, 11) is 0. The minimum absolute atomic E-state index is 0.269. The summed E-state index contributed by atoms with van der Waals surface area (Å²) in [6.45, 7) is 4.90. The van der Waals surface area contributed by atoms with Crippen molar-refractivity contribution >= 4 is 28.1 Å². The number of hydrazone groups is 1. The number of halogens is 1. The Morgan fingerprint density at radius 2 is 1.87 bits per heavy atom. The van der Waals surface area contributed by atoms with Gasteiger partial charge >= 0.3 is 0 Å². The first-order valence-corrected chi connectivity index (χ1v) is 10.4. The smallest absolute Gasteiger partial charge is 0.271 e. The third kappa shape index (κ3) is 5.94. The summed E-state index contributed by atoms with van der Waals surface area (Å²) in [5.41, 5.74) is 6.11. The average Bonchev–Trinajstić information content (AvgIpc) is 2.74. The maximum absolute atomic E-state index is 12.1. The van der Waals surface area contributed by atoms with Crippen molar-refractivity contribution in [3.05, 3.63) is 93.5 Å². The van der Waals surface area contributed by atoms with Crippen LogP contribution in [0.25, 0.3) is 0 Å². The number of aryl methyl sites for hydroxylation is 1. The van der Waals surface area contributed by atoms with Gasteiger partial charge in [0.05, 0.1) is 17.3 Å². The molecule has 0 fully saturated rings. The van der Waals surface area contributed by atoms with Gasteiger partial charge in [-0.3, -0.25) is 4.79 Å². The van der Waals surface area contributed by atoms with E-state index in [4.69, 9.17) is 9.47 Å². The van der Waals surface area contributed by atoms with Crippen LogP contribution in [0.15, 0.2) is 76.3 Å². The molecule has 154 valence electrons. The molecule has 1 amide bonds. The highest BCUT2D eigenvalue weighted by atomic mass is 79.9. The monoisotopic (exact) mass is 466 g/mol. The van der Waals surface area contributed by atoms with Crippen LogP contribution in [0.4, 0.5) is 0 Å². The molecule has 6 heteroatoms. The Morgan fingerprint density at radius 3 is 2.60 bits per heavy atom. The molecule has 0 aromatic heterocycles. The van der Waals surface area contributed by atoms with Crippen LogP contribution in [-0.4, -0.2) is 18.7 Å². The second-order valence-electron chi connectivity index (χ2n) is 6.61. The fraction of sp³-hybridized carbons (Fsp3) is 0.167. The van der Waals surface area contributed by atoms with E-state index in [0.717, 1.165) is 15.6 Å². The molecule has 0 bridgehead atoms. The van der Waals surface area contributed by atoms with Crippen LogP contribution in [0.2, 0.25) is 0 Å². The minimum atomic E-state index is -0.269. The summed E-state index contributed by atoms with van der Waals surface area (Å²) in [4.78, 5) is 12.1. The Kier molecular flexibility index (Phi) is 7.63. The quantitative estimate of drug-likeness (QED) is 0.352. The largest absolute Gasteiger partial charge is 0.490 e. The van der Waals surface area contributed by atoms with Crippen LogP contribution < -0.4 is 14.9 Å². The maximum atomic E-state index is 12.1. The Labute approximate surface area is 184 Å². The van der Waals surface area contributed by atoms with Gasteiger partial charge in [0.1, 0.15) is 6.61 Å². The Balaban J connectivity index is 1.72. The molecule has 1 N–H and O–H groups in total. The third-order valence-corrected chi connectivity index (χ3v) is 4.80. The van der Waals surface area contributed by atoms with Gasteiger partial charge in [-0.25, -0.2) is 5.43 Å². The van der Waals surface area contributed by atoms with Crippen LogP contribution in [0.1, 0.15) is 34.0 Å². The Morgan fingerprint density at radius 1 is 1.07 bits per heavy atom. The van der Waals surface area contributed by atoms with Crippen molar-refractivity contribution in [2.45, 2.75) is 20.5 Å². The van der Waals surface area contributed by atoms with E-state index in [0.29, 0.717) is 30.3 Å². The van der Waals surface area contributed by atoms with Gasteiger partial charge in [-0.05, 0) is 65.2 Å². The average molecular weight is 467 g/mol. The SMILES string of the molecule is CCOc1cc(/C=N\NC(=O)c2ccccc2)cc(Br)c1OCc1cccc(C)c1. The van der Waals surface area contributed by atoms with Gasteiger partial charge in [-0.15, -0.1) is 0 Å². The van der Waals surface area contributed by atoms with Gasteiger partial charge in [-0.1, -0.05) is 48.0 Å². The maximum Gasteiger partial charge on any atom is 0.271 e. The first-order chi connectivity index (χ1) is 14.6. The van der Waals surface area contributed by atoms with E-state index in [9.17, 15) is 4.79 Å². The molecule has 0 unspecified atom stereocenters. The van der Waals surface area contributed by atoms with E-state index < -0.39 is 0 Å². The van der Waals surface area contributed by atoms with Crippen LogP contribution in [-0.2, 0) is 6.61 Å². The fourth-order valence-corrected chi connectivity index (χ4v) is 3.42. The number of nitrogens with zero attached hydrogens (tertiary/aromatic N) is 1. The number of hydrogen-bond donors (Lipinski definition) is 1. The van der Waals surface area contributed by atoms with Crippen LogP contribution in [0, 0.1) is 6.92 Å². The van der Waals surface area contributed by atoms with E-state index in [-0.39, 0.29) is 5.91 Å². The van der Waals surface area contributed by atoms with Crippen molar-refractivity contribution in [1.29, 1.82) is 0 Å². The van der Waals surface area contributed by atoms with Crippen molar-refractivity contribution in [3.63, 3.8) is 0 Å². The number of carbonyl (C=O) groups is 1. The summed E-state index contributed by atoms with van der Waals surface area (Å²) in [5.74, 6) is 0.966. The molecule has 3 aromatic carbocycles. The van der Waals surface area contributed by atoms with Gasteiger partial charge in [0, 0.05) is 5.56 Å². The summed E-state index contributed by atoms with van der Waals surface area (Å²) in [6.07, 6.45) is 1.57. The lowest BCUT2D eigenvalue weighted by atomic mass is 10.1. The van der Waals surface area contributed by atoms with Crippen molar-refractivity contribution < 1.29 is 14.3 Å². The molecular weight excluding hydrogens is 444 g/mol. The normalized spacial score (nSPS) is 10.8. The minimum Gasteiger partial charge on any atom is -0.490 e. The van der Waals surface area contributed by atoms with Crippen LogP contribution in [0.5, 0.6) is 11.5 Å². The van der Waals surface area contributed by atoms with Gasteiger partial charge in [0.2, 0.25) is 0 Å². The van der Waals surface area contributed by atoms with E-state index >= 15 is 0 Å². The molecular formula is C24H23BrN2O3. The molecule has 0 aliphatic rings. The number of ether oxygens (including phenoxy) is 2. The second-order valence-corrected chi connectivity index (χ2v) is 7.46. The lowest BCUT2D eigenvalue weighted by Gasteiger charge is -2.15. The number of hydrogen-bond acceptors (Lipinski definition) is 4. The molecule has 0 heterocycles. The molecule has 0 aliphatic heterocycles. The summed E-state index contributed by atoms with van der Waals surface area (Å²) < 4.78 is 12.5. The Bertz CT molecular complexity index is 1040. The Hall–Kier alpha value is -3.12. The summed E-state index contributed by atoms with van der Waals surface area (Å²) in [5, 5.41) is 4.05. The van der Waals surface area contributed by atoms with Crippen molar-refractivity contribution in [2.75, 3.05) is 6.61 Å². The first kappa shape index (κ1) is 21.6. The molecule has 0 spiro atoms. The first-order valence-electron chi connectivity index (χ1n) is 9.60. The molecule has 0 saturated carbocycles. The zero-order valence-electron chi connectivity index (χ0n) is 16.9. The number of benzene rings is 3. The van der Waals surface area contributed by atoms with Crippen molar-refractivity contribution in [1.82, 2.24) is 5.43 Å². The molecule has 5 nitrogen and oxygen atoms in total. The van der Waals surface area contributed by atoms with Crippen molar-refractivity contribution in [3.8, 4) is 11.5 Å². The predicted molar refractivity (Wildman–Crippen MR) is 122 cm³/mol. The zero-order chi connectivity index (χ0) is 21.3. The van der Waals surface area contributed by atoms with Crippen LogP contribution >= 0.6 is 15.9 Å². The molecule has 0 radical (unpaired) electrons. The standard InChI is InChI=1S/C24H23BrN2O3/c1-3-29-22-14-19(15-26-27-24(28)20-10-5-4-6-11-20)13-21(25)23(22)30-16-18-9-7-8-17(2)12-18/h4-15H,3,16H2,1-2H3,(H,27,28)/b26-15-. The molecule has 0 aliphatic carbocycles. The van der Waals surface area contributed by atoms with E-state index in [1.54, 1.807) is 30.5 Å². The fourth-order valence-electron chi connectivity index (χ4n) is 2.84. The van der Waals surface area contributed by atoms with E-state index in [2.05, 4.69) is 45.5 Å². The van der Waals surface area contributed by atoms with Gasteiger partial charge in [-0.2, -0.15) is 5.10 Å².